The van der Waals surface area contributed by atoms with E-state index >= 15 is 0 Å². The Balaban J connectivity index is 1.53. The summed E-state index contributed by atoms with van der Waals surface area (Å²) in [6, 6.07) is 20.1. The van der Waals surface area contributed by atoms with E-state index in [0.29, 0.717) is 6.54 Å². The van der Waals surface area contributed by atoms with Gasteiger partial charge < -0.3 is 14.4 Å². The van der Waals surface area contributed by atoms with E-state index in [9.17, 15) is 5.11 Å². The van der Waals surface area contributed by atoms with Crippen LogP contribution in [-0.4, -0.2) is 27.4 Å². The summed E-state index contributed by atoms with van der Waals surface area (Å²) < 4.78 is 8.95. The molecule has 0 amide bonds. The van der Waals surface area contributed by atoms with E-state index < -0.39 is 6.10 Å². The Hall–Kier alpha value is -2.37. The molecule has 0 aliphatic rings. The third kappa shape index (κ3) is 3.64. The molecular formula is C23H23BrN2O2. The van der Waals surface area contributed by atoms with Crippen molar-refractivity contribution in [2.45, 2.75) is 32.4 Å². The second-order valence-corrected chi connectivity index (χ2v) is 8.08. The summed E-state index contributed by atoms with van der Waals surface area (Å²) in [6.07, 6.45) is -0.645. The summed E-state index contributed by atoms with van der Waals surface area (Å²) in [5, 5.41) is 12.9. The molecule has 1 heterocycles. The lowest BCUT2D eigenvalue weighted by atomic mass is 10.1. The Kier molecular flexibility index (Phi) is 5.38. The van der Waals surface area contributed by atoms with Crippen molar-refractivity contribution < 1.29 is 9.84 Å². The van der Waals surface area contributed by atoms with Crippen molar-refractivity contribution in [3.63, 3.8) is 0 Å². The zero-order chi connectivity index (χ0) is 19.7. The van der Waals surface area contributed by atoms with Crippen LogP contribution >= 0.6 is 15.9 Å². The van der Waals surface area contributed by atoms with E-state index in [1.165, 1.54) is 0 Å². The largest absolute Gasteiger partial charge is 0.490 e. The monoisotopic (exact) mass is 438 g/mol. The molecule has 0 saturated heterocycles. The molecule has 4 aromatic rings. The molecule has 0 spiro atoms. The average Bonchev–Trinajstić information content (AvgIpc) is 3.06. The summed E-state index contributed by atoms with van der Waals surface area (Å²) in [7, 11) is 0. The Morgan fingerprint density at radius 1 is 1.04 bits per heavy atom. The van der Waals surface area contributed by atoms with Crippen LogP contribution in [0.15, 0.2) is 65.1 Å². The molecule has 1 atom stereocenters. The summed E-state index contributed by atoms with van der Waals surface area (Å²) in [4.78, 5) is 4.74. The second-order valence-electron chi connectivity index (χ2n) is 7.29. The number of aliphatic hydroxyl groups excluding tert-OH is 1. The summed E-state index contributed by atoms with van der Waals surface area (Å²) in [6.45, 7) is 4.89. The smallest absolute Gasteiger partial charge is 0.134 e. The minimum Gasteiger partial charge on any atom is -0.490 e. The number of para-hydroxylation sites is 2. The van der Waals surface area contributed by atoms with Crippen molar-refractivity contribution in [2.75, 3.05) is 6.61 Å². The lowest BCUT2D eigenvalue weighted by molar-refractivity contribution is 0.0922. The highest BCUT2D eigenvalue weighted by Crippen LogP contribution is 2.33. The van der Waals surface area contributed by atoms with Gasteiger partial charge in [-0.3, -0.25) is 0 Å². The number of halogens is 1. The first-order valence-electron chi connectivity index (χ1n) is 9.48. The molecule has 0 bridgehead atoms. The van der Waals surface area contributed by atoms with Crippen LogP contribution < -0.4 is 4.74 Å². The predicted molar refractivity (Wildman–Crippen MR) is 117 cm³/mol. The number of fused-ring (bicyclic) bond motifs is 2. The molecule has 1 aromatic heterocycles. The fourth-order valence-corrected chi connectivity index (χ4v) is 4.11. The number of hydrogen-bond donors (Lipinski definition) is 1. The highest BCUT2D eigenvalue weighted by atomic mass is 79.9. The van der Waals surface area contributed by atoms with Gasteiger partial charge in [-0.2, -0.15) is 0 Å². The van der Waals surface area contributed by atoms with Gasteiger partial charge in [0.1, 0.15) is 24.3 Å². The Labute approximate surface area is 172 Å². The molecular weight excluding hydrogens is 416 g/mol. The van der Waals surface area contributed by atoms with Crippen LogP contribution in [0.5, 0.6) is 5.75 Å². The van der Waals surface area contributed by atoms with Gasteiger partial charge >= 0.3 is 0 Å². The van der Waals surface area contributed by atoms with Gasteiger partial charge in [-0.1, -0.05) is 56.3 Å². The quantitative estimate of drug-likeness (QED) is 0.431. The van der Waals surface area contributed by atoms with Gasteiger partial charge in [0.15, 0.2) is 0 Å². The van der Waals surface area contributed by atoms with Gasteiger partial charge in [-0.25, -0.2) is 4.98 Å². The van der Waals surface area contributed by atoms with Gasteiger partial charge in [-0.15, -0.1) is 0 Å². The fourth-order valence-electron chi connectivity index (χ4n) is 3.50. The van der Waals surface area contributed by atoms with E-state index in [1.807, 2.05) is 48.5 Å². The number of nitrogens with zero attached hydrogens (tertiary/aromatic N) is 2. The van der Waals surface area contributed by atoms with Crippen molar-refractivity contribution >= 4 is 37.7 Å². The van der Waals surface area contributed by atoms with Crippen LogP contribution in [0.25, 0.3) is 21.8 Å². The number of benzene rings is 3. The minimum absolute atomic E-state index is 0.209. The Bertz CT molecular complexity index is 1120. The molecule has 4 rings (SSSR count). The lowest BCUT2D eigenvalue weighted by Crippen LogP contribution is -2.25. The molecule has 4 nitrogen and oxygen atoms in total. The third-order valence-electron chi connectivity index (χ3n) is 4.85. The highest BCUT2D eigenvalue weighted by molar-refractivity contribution is 9.10. The van der Waals surface area contributed by atoms with Crippen LogP contribution in [0.2, 0.25) is 0 Å². The van der Waals surface area contributed by atoms with Crippen molar-refractivity contribution in [2.24, 2.45) is 0 Å². The molecule has 1 N–H and O–H groups in total. The van der Waals surface area contributed by atoms with Gasteiger partial charge in [0.05, 0.1) is 22.1 Å². The minimum atomic E-state index is -0.645. The third-order valence-corrected chi connectivity index (χ3v) is 5.67. The van der Waals surface area contributed by atoms with Gasteiger partial charge in [0.2, 0.25) is 0 Å². The van der Waals surface area contributed by atoms with Gasteiger partial charge in [0, 0.05) is 5.92 Å². The maximum Gasteiger partial charge on any atom is 0.134 e. The lowest BCUT2D eigenvalue weighted by Gasteiger charge is -2.17. The highest BCUT2D eigenvalue weighted by Gasteiger charge is 2.17. The van der Waals surface area contributed by atoms with Crippen LogP contribution in [0, 0.1) is 0 Å². The molecule has 0 fully saturated rings. The van der Waals surface area contributed by atoms with E-state index in [2.05, 4.69) is 46.5 Å². The Morgan fingerprint density at radius 2 is 1.79 bits per heavy atom. The maximum absolute atomic E-state index is 10.7. The van der Waals surface area contributed by atoms with Crippen LogP contribution in [0.1, 0.15) is 25.6 Å². The first kappa shape index (κ1) is 19.0. The zero-order valence-corrected chi connectivity index (χ0v) is 17.6. The number of aromatic nitrogens is 2. The normalized spacial score (nSPS) is 12.8. The molecule has 0 unspecified atom stereocenters. The molecule has 0 saturated carbocycles. The van der Waals surface area contributed by atoms with Crippen molar-refractivity contribution in [3.05, 3.63) is 71.0 Å². The molecule has 0 radical (unpaired) electrons. The van der Waals surface area contributed by atoms with E-state index in [0.717, 1.165) is 37.9 Å². The topological polar surface area (TPSA) is 47.3 Å². The summed E-state index contributed by atoms with van der Waals surface area (Å²) in [5.41, 5.74) is 1.99. The maximum atomic E-state index is 10.7. The second kappa shape index (κ2) is 7.94. The van der Waals surface area contributed by atoms with Gasteiger partial charge in [0.25, 0.3) is 0 Å². The summed E-state index contributed by atoms with van der Waals surface area (Å²) in [5.74, 6) is 1.99. The number of ether oxygens (including phenoxy) is 1. The van der Waals surface area contributed by atoms with Crippen LogP contribution in [0.4, 0.5) is 0 Å². The number of aliphatic hydroxyl groups is 1. The van der Waals surface area contributed by atoms with Crippen LogP contribution in [0.3, 0.4) is 0 Å². The van der Waals surface area contributed by atoms with E-state index in [-0.39, 0.29) is 12.5 Å². The number of hydrogen-bond acceptors (Lipinski definition) is 3. The van der Waals surface area contributed by atoms with E-state index in [1.54, 1.807) is 0 Å². The fraction of sp³-hybridized carbons (Fsp3) is 0.261. The Morgan fingerprint density at radius 3 is 2.61 bits per heavy atom. The predicted octanol–water partition coefficient (Wildman–Crippen LogP) is 5.52. The van der Waals surface area contributed by atoms with Crippen molar-refractivity contribution in [1.29, 1.82) is 0 Å². The average molecular weight is 439 g/mol. The van der Waals surface area contributed by atoms with Crippen LogP contribution in [-0.2, 0) is 6.54 Å². The van der Waals surface area contributed by atoms with Gasteiger partial charge in [-0.05, 0) is 44.9 Å². The molecule has 0 aliphatic heterocycles. The zero-order valence-electron chi connectivity index (χ0n) is 16.0. The number of rotatable bonds is 6. The van der Waals surface area contributed by atoms with Crippen molar-refractivity contribution in [1.82, 2.24) is 9.55 Å². The SMILES string of the molecule is CC(C)c1nc2ccccc2n1C[C@H](O)COc1ccc2ccccc2c1Br. The summed E-state index contributed by atoms with van der Waals surface area (Å²) >= 11 is 3.63. The first-order valence-corrected chi connectivity index (χ1v) is 10.3. The van der Waals surface area contributed by atoms with E-state index in [4.69, 9.17) is 9.72 Å². The number of imidazole rings is 1. The van der Waals surface area contributed by atoms with Crippen molar-refractivity contribution in [3.8, 4) is 5.75 Å². The molecule has 28 heavy (non-hydrogen) atoms. The molecule has 3 aromatic carbocycles. The molecule has 5 heteroatoms. The standard InChI is InChI=1S/C23H23BrN2O2/c1-15(2)23-25-19-9-5-6-10-20(19)26(23)13-17(27)14-28-21-12-11-16-7-3-4-8-18(16)22(21)24/h3-12,15,17,27H,13-14H2,1-2H3/t17-/m0/s1. The first-order chi connectivity index (χ1) is 13.5. The molecule has 0 aliphatic carbocycles. The molecule has 144 valence electrons.